The summed E-state index contributed by atoms with van der Waals surface area (Å²) in [4.78, 5) is 17.6. The molecule has 0 aromatic heterocycles. The maximum Gasteiger partial charge on any atom is 0.217 e. The predicted octanol–water partition coefficient (Wildman–Crippen LogP) is 0.610. The zero-order chi connectivity index (χ0) is 18.4. The fourth-order valence-corrected chi connectivity index (χ4v) is 3.83. The highest BCUT2D eigenvalue weighted by Gasteiger charge is 2.25. The number of rotatable bonds is 7. The molecule has 0 bridgehead atoms. The number of carbonyl (C=O) groups excluding carboxylic acids is 1. The predicted molar refractivity (Wildman–Crippen MR) is 97.6 cm³/mol. The minimum absolute atomic E-state index is 0.151. The third-order valence-corrected chi connectivity index (χ3v) is 5.34. The summed E-state index contributed by atoms with van der Waals surface area (Å²) in [6.45, 7) is 6.41. The number of likely N-dealkylation sites (tertiary alicyclic amines) is 1. The second-order valence-corrected chi connectivity index (χ2v) is 9.83. The fraction of sp³-hybridized carbons (Fsp3) is 0.875. The molecule has 1 unspecified atom stereocenters. The van der Waals surface area contributed by atoms with Crippen LogP contribution in [0.1, 0.15) is 39.5 Å². The van der Waals surface area contributed by atoms with Crippen molar-refractivity contribution < 1.29 is 13.2 Å². The van der Waals surface area contributed by atoms with E-state index >= 15 is 0 Å². The molecule has 1 rings (SSSR count). The molecule has 0 radical (unpaired) electrons. The molecule has 0 aromatic rings. The van der Waals surface area contributed by atoms with E-state index in [4.69, 9.17) is 5.73 Å². The van der Waals surface area contributed by atoms with Gasteiger partial charge in [-0.15, -0.1) is 0 Å². The molecule has 0 aliphatic carbocycles. The Balaban J connectivity index is 2.56. The lowest BCUT2D eigenvalue weighted by molar-refractivity contribution is -0.119. The molecule has 1 aliphatic rings. The standard InChI is InChI=1S/C16H32N4O3S/c1-16(2,7-9-24(4,22)23)12-19-15(18-3)20-8-5-6-13(11-20)10-14(17)21/h13H,5-12H2,1-4H3,(H2,17,21)(H,18,19). The monoisotopic (exact) mass is 360 g/mol. The number of primary amides is 1. The summed E-state index contributed by atoms with van der Waals surface area (Å²) in [6, 6.07) is 0. The molecule has 0 saturated carbocycles. The van der Waals surface area contributed by atoms with Gasteiger partial charge in [0.2, 0.25) is 5.91 Å². The van der Waals surface area contributed by atoms with Crippen molar-refractivity contribution >= 4 is 21.7 Å². The third kappa shape index (κ3) is 7.99. The summed E-state index contributed by atoms with van der Waals surface area (Å²) in [5.41, 5.74) is 5.16. The first-order valence-electron chi connectivity index (χ1n) is 8.44. The molecule has 1 heterocycles. The minimum Gasteiger partial charge on any atom is -0.370 e. The summed E-state index contributed by atoms with van der Waals surface area (Å²) in [6.07, 6.45) is 4.29. The van der Waals surface area contributed by atoms with Crippen LogP contribution in [0.15, 0.2) is 4.99 Å². The van der Waals surface area contributed by atoms with Gasteiger partial charge in [0, 0.05) is 39.4 Å². The number of guanidine groups is 1. The van der Waals surface area contributed by atoms with Gasteiger partial charge < -0.3 is 16.0 Å². The molecular weight excluding hydrogens is 328 g/mol. The Morgan fingerprint density at radius 2 is 2.08 bits per heavy atom. The number of hydrogen-bond acceptors (Lipinski definition) is 4. The van der Waals surface area contributed by atoms with E-state index in [1.165, 1.54) is 6.26 Å². The quantitative estimate of drug-likeness (QED) is 0.511. The van der Waals surface area contributed by atoms with Gasteiger partial charge in [-0.1, -0.05) is 13.8 Å². The normalized spacial score (nSPS) is 20.1. The number of hydrogen-bond donors (Lipinski definition) is 2. The Morgan fingerprint density at radius 1 is 1.42 bits per heavy atom. The first-order chi connectivity index (χ1) is 11.0. The van der Waals surface area contributed by atoms with E-state index in [1.807, 2.05) is 13.8 Å². The zero-order valence-corrected chi connectivity index (χ0v) is 16.2. The van der Waals surface area contributed by atoms with Crippen LogP contribution in [-0.4, -0.2) is 63.9 Å². The number of aliphatic imine (C=N–C) groups is 1. The summed E-state index contributed by atoms with van der Waals surface area (Å²) in [5.74, 6) is 1.00. The van der Waals surface area contributed by atoms with Crippen molar-refractivity contribution in [3.63, 3.8) is 0 Å². The summed E-state index contributed by atoms with van der Waals surface area (Å²) in [5, 5.41) is 3.35. The fourth-order valence-electron chi connectivity index (χ4n) is 2.91. The van der Waals surface area contributed by atoms with Crippen LogP contribution < -0.4 is 11.1 Å². The average Bonchev–Trinajstić information content (AvgIpc) is 2.45. The van der Waals surface area contributed by atoms with E-state index in [0.29, 0.717) is 19.4 Å². The smallest absolute Gasteiger partial charge is 0.217 e. The lowest BCUT2D eigenvalue weighted by Gasteiger charge is -2.36. The first kappa shape index (κ1) is 20.7. The summed E-state index contributed by atoms with van der Waals surface area (Å²) >= 11 is 0. The molecule has 0 spiro atoms. The van der Waals surface area contributed by atoms with Crippen molar-refractivity contribution in [2.75, 3.05) is 38.7 Å². The van der Waals surface area contributed by atoms with Gasteiger partial charge in [-0.3, -0.25) is 9.79 Å². The molecule has 7 nitrogen and oxygen atoms in total. The van der Waals surface area contributed by atoms with Crippen molar-refractivity contribution in [3.05, 3.63) is 0 Å². The molecule has 1 fully saturated rings. The summed E-state index contributed by atoms with van der Waals surface area (Å²) in [7, 11) is -1.21. The number of nitrogens with one attached hydrogen (secondary N) is 1. The molecule has 24 heavy (non-hydrogen) atoms. The highest BCUT2D eigenvalue weighted by atomic mass is 32.2. The van der Waals surface area contributed by atoms with E-state index in [9.17, 15) is 13.2 Å². The SMILES string of the molecule is CN=C(NCC(C)(C)CCS(C)(=O)=O)N1CCCC(CC(N)=O)C1. The number of amides is 1. The van der Waals surface area contributed by atoms with Gasteiger partial charge in [0.15, 0.2) is 5.96 Å². The van der Waals surface area contributed by atoms with Gasteiger partial charge in [0.1, 0.15) is 9.84 Å². The van der Waals surface area contributed by atoms with Crippen LogP contribution in [0.3, 0.4) is 0 Å². The van der Waals surface area contributed by atoms with Crippen molar-refractivity contribution in [2.24, 2.45) is 22.1 Å². The van der Waals surface area contributed by atoms with Gasteiger partial charge in [-0.2, -0.15) is 0 Å². The summed E-state index contributed by atoms with van der Waals surface area (Å²) < 4.78 is 22.7. The van der Waals surface area contributed by atoms with E-state index in [-0.39, 0.29) is 23.0 Å². The van der Waals surface area contributed by atoms with Gasteiger partial charge in [0.25, 0.3) is 0 Å². The number of carbonyl (C=O) groups is 1. The Bertz CT molecular complexity index is 558. The van der Waals surface area contributed by atoms with E-state index < -0.39 is 9.84 Å². The molecule has 1 atom stereocenters. The largest absolute Gasteiger partial charge is 0.370 e. The molecular formula is C16H32N4O3S. The second kappa shape index (κ2) is 8.69. The second-order valence-electron chi connectivity index (χ2n) is 7.57. The van der Waals surface area contributed by atoms with E-state index in [0.717, 1.165) is 31.9 Å². The van der Waals surface area contributed by atoms with Crippen LogP contribution in [0.5, 0.6) is 0 Å². The first-order valence-corrected chi connectivity index (χ1v) is 10.5. The van der Waals surface area contributed by atoms with Crippen molar-refractivity contribution in [1.29, 1.82) is 0 Å². The number of nitrogens with zero attached hydrogens (tertiary/aromatic N) is 2. The highest BCUT2D eigenvalue weighted by Crippen LogP contribution is 2.22. The molecule has 1 amide bonds. The van der Waals surface area contributed by atoms with Crippen molar-refractivity contribution in [3.8, 4) is 0 Å². The van der Waals surface area contributed by atoms with Gasteiger partial charge in [0.05, 0.1) is 5.75 Å². The molecule has 3 N–H and O–H groups in total. The van der Waals surface area contributed by atoms with Crippen molar-refractivity contribution in [1.82, 2.24) is 10.2 Å². The van der Waals surface area contributed by atoms with Crippen LogP contribution in [-0.2, 0) is 14.6 Å². The highest BCUT2D eigenvalue weighted by molar-refractivity contribution is 7.90. The lowest BCUT2D eigenvalue weighted by Crippen LogP contribution is -2.49. The topological polar surface area (TPSA) is 105 Å². The average molecular weight is 361 g/mol. The van der Waals surface area contributed by atoms with Gasteiger partial charge in [-0.05, 0) is 30.6 Å². The lowest BCUT2D eigenvalue weighted by atomic mass is 9.90. The van der Waals surface area contributed by atoms with E-state index in [2.05, 4.69) is 15.2 Å². The molecule has 1 saturated heterocycles. The van der Waals surface area contributed by atoms with Crippen molar-refractivity contribution in [2.45, 2.75) is 39.5 Å². The Hall–Kier alpha value is -1.31. The zero-order valence-electron chi connectivity index (χ0n) is 15.3. The van der Waals surface area contributed by atoms with Crippen LogP contribution >= 0.6 is 0 Å². The van der Waals surface area contributed by atoms with Crippen LogP contribution in [0.25, 0.3) is 0 Å². The Labute approximate surface area is 146 Å². The number of sulfone groups is 1. The maximum atomic E-state index is 11.4. The molecule has 0 aromatic carbocycles. The molecule has 140 valence electrons. The van der Waals surface area contributed by atoms with Crippen LogP contribution in [0.4, 0.5) is 0 Å². The third-order valence-electron chi connectivity index (χ3n) is 4.39. The minimum atomic E-state index is -2.95. The van der Waals surface area contributed by atoms with Crippen LogP contribution in [0, 0.1) is 11.3 Å². The number of nitrogens with two attached hydrogens (primary N) is 1. The molecule has 8 heteroatoms. The molecule has 1 aliphatic heterocycles. The number of piperidine rings is 1. The van der Waals surface area contributed by atoms with Crippen LogP contribution in [0.2, 0.25) is 0 Å². The van der Waals surface area contributed by atoms with E-state index in [1.54, 1.807) is 7.05 Å². The van der Waals surface area contributed by atoms with Gasteiger partial charge in [-0.25, -0.2) is 8.42 Å². The maximum absolute atomic E-state index is 11.4. The Morgan fingerprint density at radius 3 is 2.62 bits per heavy atom. The Kier molecular flexibility index (Phi) is 7.51. The van der Waals surface area contributed by atoms with Gasteiger partial charge >= 0.3 is 0 Å².